The second-order valence-electron chi connectivity index (χ2n) is 3.91. The minimum Gasteiger partial charge on any atom is -0.278 e. The third kappa shape index (κ3) is 2.75. The summed E-state index contributed by atoms with van der Waals surface area (Å²) in [5, 5.41) is 7.93. The Balaban J connectivity index is 1.89. The molecule has 0 spiro atoms. The minimum atomic E-state index is 0.680. The highest BCUT2D eigenvalue weighted by atomic mass is 35.5. The number of thiophene rings is 1. The summed E-state index contributed by atoms with van der Waals surface area (Å²) in [6.45, 7) is 0. The van der Waals surface area contributed by atoms with Gasteiger partial charge in [-0.05, 0) is 35.7 Å². The summed E-state index contributed by atoms with van der Waals surface area (Å²) in [7, 11) is 0. The van der Waals surface area contributed by atoms with Gasteiger partial charge in [0, 0.05) is 21.5 Å². The highest BCUT2D eigenvalue weighted by Crippen LogP contribution is 2.24. The standard InChI is InChI=1S/C14H10ClN3S/c15-10-3-4-12-13(5-6-16-14(12)8-10)18-17-9-11-2-1-7-19-11/h1-9H,(H,16,18)/b17-9+. The van der Waals surface area contributed by atoms with Crippen LogP contribution in [0.2, 0.25) is 5.02 Å². The number of fused-ring (bicyclic) bond motifs is 1. The van der Waals surface area contributed by atoms with Crippen molar-refractivity contribution in [2.24, 2.45) is 5.10 Å². The zero-order chi connectivity index (χ0) is 13.1. The molecule has 0 radical (unpaired) electrons. The molecule has 0 aliphatic heterocycles. The normalized spacial score (nSPS) is 11.2. The number of nitrogens with zero attached hydrogens (tertiary/aromatic N) is 2. The SMILES string of the molecule is Clc1ccc2c(N/N=C/c3cccs3)ccnc2c1. The first kappa shape index (κ1) is 12.1. The van der Waals surface area contributed by atoms with Gasteiger partial charge in [-0.25, -0.2) is 0 Å². The first-order chi connectivity index (χ1) is 9.33. The molecule has 3 rings (SSSR count). The highest BCUT2D eigenvalue weighted by Gasteiger charge is 2.01. The quantitative estimate of drug-likeness (QED) is 0.573. The molecular weight excluding hydrogens is 278 g/mol. The molecule has 1 aromatic carbocycles. The number of anilines is 1. The predicted molar refractivity (Wildman–Crippen MR) is 82.3 cm³/mol. The van der Waals surface area contributed by atoms with Crippen molar-refractivity contribution in [2.75, 3.05) is 5.43 Å². The van der Waals surface area contributed by atoms with Crippen LogP contribution in [0, 0.1) is 0 Å². The van der Waals surface area contributed by atoms with E-state index in [4.69, 9.17) is 11.6 Å². The molecular formula is C14H10ClN3S. The molecule has 5 heteroatoms. The van der Waals surface area contributed by atoms with Crippen molar-refractivity contribution < 1.29 is 0 Å². The van der Waals surface area contributed by atoms with Crippen LogP contribution in [0.25, 0.3) is 10.9 Å². The summed E-state index contributed by atoms with van der Waals surface area (Å²) in [4.78, 5) is 5.39. The van der Waals surface area contributed by atoms with Gasteiger partial charge in [-0.1, -0.05) is 17.7 Å². The molecule has 0 aliphatic rings. The average Bonchev–Trinajstić information content (AvgIpc) is 2.92. The number of pyridine rings is 1. The van der Waals surface area contributed by atoms with E-state index < -0.39 is 0 Å². The Morgan fingerprint density at radius 3 is 3.05 bits per heavy atom. The molecule has 3 aromatic rings. The van der Waals surface area contributed by atoms with Crippen LogP contribution in [0.15, 0.2) is 53.1 Å². The number of halogens is 1. The number of aromatic nitrogens is 1. The van der Waals surface area contributed by atoms with E-state index in [-0.39, 0.29) is 0 Å². The smallest absolute Gasteiger partial charge is 0.0738 e. The van der Waals surface area contributed by atoms with E-state index in [1.165, 1.54) is 0 Å². The lowest BCUT2D eigenvalue weighted by Crippen LogP contribution is -1.91. The molecule has 0 fully saturated rings. The molecule has 0 saturated heterocycles. The molecule has 0 saturated carbocycles. The Morgan fingerprint density at radius 2 is 2.21 bits per heavy atom. The van der Waals surface area contributed by atoms with E-state index in [1.807, 2.05) is 41.8 Å². The van der Waals surface area contributed by atoms with Crippen molar-refractivity contribution in [3.63, 3.8) is 0 Å². The Hall–Kier alpha value is -1.91. The third-order valence-electron chi connectivity index (χ3n) is 2.62. The molecule has 2 aromatic heterocycles. The van der Waals surface area contributed by atoms with Gasteiger partial charge in [0.15, 0.2) is 0 Å². The van der Waals surface area contributed by atoms with E-state index in [2.05, 4.69) is 15.5 Å². The van der Waals surface area contributed by atoms with E-state index in [9.17, 15) is 0 Å². The van der Waals surface area contributed by atoms with Crippen molar-refractivity contribution in [3.05, 3.63) is 57.9 Å². The maximum atomic E-state index is 5.95. The fourth-order valence-electron chi connectivity index (χ4n) is 1.75. The zero-order valence-corrected chi connectivity index (χ0v) is 11.4. The van der Waals surface area contributed by atoms with Gasteiger partial charge in [-0.3, -0.25) is 10.4 Å². The lowest BCUT2D eigenvalue weighted by molar-refractivity contribution is 1.34. The molecule has 1 N–H and O–H groups in total. The maximum absolute atomic E-state index is 5.95. The highest BCUT2D eigenvalue weighted by molar-refractivity contribution is 7.11. The van der Waals surface area contributed by atoms with Gasteiger partial charge in [-0.2, -0.15) is 5.10 Å². The molecule has 0 amide bonds. The van der Waals surface area contributed by atoms with Gasteiger partial charge >= 0.3 is 0 Å². The molecule has 0 aliphatic carbocycles. The molecule has 19 heavy (non-hydrogen) atoms. The zero-order valence-electron chi connectivity index (χ0n) is 9.88. The van der Waals surface area contributed by atoms with Crippen LogP contribution in [0.4, 0.5) is 5.69 Å². The van der Waals surface area contributed by atoms with Crippen LogP contribution in [0.1, 0.15) is 4.88 Å². The van der Waals surface area contributed by atoms with Gasteiger partial charge in [-0.15, -0.1) is 11.3 Å². The first-order valence-corrected chi connectivity index (χ1v) is 6.95. The van der Waals surface area contributed by atoms with Crippen molar-refractivity contribution in [3.8, 4) is 0 Å². The van der Waals surface area contributed by atoms with Crippen molar-refractivity contribution in [1.82, 2.24) is 4.98 Å². The second-order valence-corrected chi connectivity index (χ2v) is 5.32. The summed E-state index contributed by atoms with van der Waals surface area (Å²) in [6.07, 6.45) is 3.54. The Kier molecular flexibility index (Phi) is 3.44. The monoisotopic (exact) mass is 287 g/mol. The molecule has 94 valence electrons. The molecule has 3 nitrogen and oxygen atoms in total. The summed E-state index contributed by atoms with van der Waals surface area (Å²) >= 11 is 7.60. The Labute approximate surface area is 119 Å². The van der Waals surface area contributed by atoms with Crippen LogP contribution in [0.3, 0.4) is 0 Å². The third-order valence-corrected chi connectivity index (χ3v) is 3.67. The van der Waals surface area contributed by atoms with E-state index in [0.717, 1.165) is 21.5 Å². The Bertz CT molecular complexity index is 723. The van der Waals surface area contributed by atoms with E-state index in [0.29, 0.717) is 5.02 Å². The lowest BCUT2D eigenvalue weighted by Gasteiger charge is -2.04. The largest absolute Gasteiger partial charge is 0.278 e. The summed E-state index contributed by atoms with van der Waals surface area (Å²) in [5.74, 6) is 0. The molecule has 0 atom stereocenters. The van der Waals surface area contributed by atoms with Crippen LogP contribution < -0.4 is 5.43 Å². The van der Waals surface area contributed by atoms with Crippen LogP contribution >= 0.6 is 22.9 Å². The predicted octanol–water partition coefficient (Wildman–Crippen LogP) is 4.40. The number of nitrogens with one attached hydrogen (secondary N) is 1. The fraction of sp³-hybridized carbons (Fsp3) is 0. The van der Waals surface area contributed by atoms with E-state index >= 15 is 0 Å². The molecule has 0 unspecified atom stereocenters. The van der Waals surface area contributed by atoms with Gasteiger partial charge in [0.05, 0.1) is 17.4 Å². The van der Waals surface area contributed by atoms with Gasteiger partial charge in [0.25, 0.3) is 0 Å². The number of hydrazone groups is 1. The average molecular weight is 288 g/mol. The maximum Gasteiger partial charge on any atom is 0.0738 e. The van der Waals surface area contributed by atoms with Gasteiger partial charge < -0.3 is 0 Å². The molecule has 2 heterocycles. The first-order valence-electron chi connectivity index (χ1n) is 5.70. The summed E-state index contributed by atoms with van der Waals surface area (Å²) < 4.78 is 0. The van der Waals surface area contributed by atoms with Crippen LogP contribution in [-0.4, -0.2) is 11.2 Å². The van der Waals surface area contributed by atoms with Crippen molar-refractivity contribution in [2.45, 2.75) is 0 Å². The summed E-state index contributed by atoms with van der Waals surface area (Å²) in [6, 6.07) is 11.5. The van der Waals surface area contributed by atoms with Gasteiger partial charge in [0.2, 0.25) is 0 Å². The number of benzene rings is 1. The molecule has 0 bridgehead atoms. The number of rotatable bonds is 3. The van der Waals surface area contributed by atoms with Crippen molar-refractivity contribution in [1.29, 1.82) is 0 Å². The lowest BCUT2D eigenvalue weighted by atomic mass is 10.2. The number of hydrogen-bond acceptors (Lipinski definition) is 4. The Morgan fingerprint density at radius 1 is 1.26 bits per heavy atom. The minimum absolute atomic E-state index is 0.680. The number of hydrogen-bond donors (Lipinski definition) is 1. The van der Waals surface area contributed by atoms with E-state index in [1.54, 1.807) is 23.7 Å². The van der Waals surface area contributed by atoms with Crippen LogP contribution in [-0.2, 0) is 0 Å². The fourth-order valence-corrected chi connectivity index (χ4v) is 2.50. The van der Waals surface area contributed by atoms with Gasteiger partial charge in [0.1, 0.15) is 0 Å². The topological polar surface area (TPSA) is 37.3 Å². The second kappa shape index (κ2) is 5.38. The van der Waals surface area contributed by atoms with Crippen molar-refractivity contribution >= 4 is 45.7 Å². The van der Waals surface area contributed by atoms with Crippen LogP contribution in [0.5, 0.6) is 0 Å². The summed E-state index contributed by atoms with van der Waals surface area (Å²) in [5.41, 5.74) is 4.80.